The van der Waals surface area contributed by atoms with Crippen molar-refractivity contribution in [1.29, 1.82) is 0 Å². The van der Waals surface area contributed by atoms with E-state index in [-0.39, 0.29) is 5.91 Å². The van der Waals surface area contributed by atoms with Crippen LogP contribution in [0.5, 0.6) is 5.88 Å². The highest BCUT2D eigenvalue weighted by Crippen LogP contribution is 2.23. The zero-order valence-corrected chi connectivity index (χ0v) is 10.5. The first-order chi connectivity index (χ1) is 8.70. The fraction of sp³-hybridized carbons (Fsp3) is 0.500. The van der Waals surface area contributed by atoms with E-state index in [4.69, 9.17) is 10.5 Å². The first-order valence-electron chi connectivity index (χ1n) is 6.11. The lowest BCUT2D eigenvalue weighted by Gasteiger charge is -2.21. The van der Waals surface area contributed by atoms with E-state index in [2.05, 4.69) is 15.2 Å². The molecule has 1 saturated heterocycles. The Kier molecular flexibility index (Phi) is 3.86. The molecule has 0 saturated carbocycles. The van der Waals surface area contributed by atoms with Crippen molar-refractivity contribution in [2.75, 3.05) is 36.9 Å². The van der Waals surface area contributed by atoms with E-state index in [0.717, 1.165) is 12.4 Å². The number of nitrogens with one attached hydrogen (secondary N) is 1. The summed E-state index contributed by atoms with van der Waals surface area (Å²) in [6.45, 7) is 4.46. The Hall–Kier alpha value is -1.98. The minimum absolute atomic E-state index is 0.0815. The summed E-state index contributed by atoms with van der Waals surface area (Å²) >= 11 is 0. The summed E-state index contributed by atoms with van der Waals surface area (Å²) in [5.41, 5.74) is 6.32. The summed E-state index contributed by atoms with van der Waals surface area (Å²) < 4.78 is 5.38. The van der Waals surface area contributed by atoms with E-state index in [1.54, 1.807) is 6.07 Å². The van der Waals surface area contributed by atoms with Crippen molar-refractivity contribution in [2.24, 2.45) is 0 Å². The largest absolute Gasteiger partial charge is 0.476 e. The lowest BCUT2D eigenvalue weighted by Crippen LogP contribution is -2.29. The zero-order chi connectivity index (χ0) is 13.0. The number of amides is 1. The first-order valence-corrected chi connectivity index (χ1v) is 6.11. The quantitative estimate of drug-likeness (QED) is 0.811. The molecule has 2 rings (SSSR count). The molecule has 1 amide bonds. The maximum Gasteiger partial charge on any atom is 0.239 e. The molecule has 1 aromatic rings. The molecule has 0 radical (unpaired) electrons. The van der Waals surface area contributed by atoms with Gasteiger partial charge in [0.2, 0.25) is 11.8 Å². The molecule has 18 heavy (non-hydrogen) atoms. The Labute approximate surface area is 106 Å². The lowest BCUT2D eigenvalue weighted by atomic mass is 10.3. The van der Waals surface area contributed by atoms with Gasteiger partial charge in [0.1, 0.15) is 5.82 Å². The predicted octanol–water partition coefficient (Wildman–Crippen LogP) is 0.389. The fourth-order valence-corrected chi connectivity index (χ4v) is 1.87. The van der Waals surface area contributed by atoms with E-state index >= 15 is 0 Å². The molecular weight excluding hydrogens is 232 g/mol. The van der Waals surface area contributed by atoms with E-state index in [0.29, 0.717) is 37.7 Å². The van der Waals surface area contributed by atoms with E-state index in [1.165, 1.54) is 0 Å². The van der Waals surface area contributed by atoms with E-state index in [9.17, 15) is 4.79 Å². The summed E-state index contributed by atoms with van der Waals surface area (Å²) in [5, 5.41) is 2.83. The highest BCUT2D eigenvalue weighted by Gasteiger charge is 2.16. The third-order valence-corrected chi connectivity index (χ3v) is 2.79. The molecule has 0 aliphatic carbocycles. The molecule has 3 N–H and O–H groups in total. The van der Waals surface area contributed by atoms with Crippen LogP contribution in [0.2, 0.25) is 0 Å². The van der Waals surface area contributed by atoms with Crippen molar-refractivity contribution in [3.63, 3.8) is 0 Å². The van der Waals surface area contributed by atoms with Crippen molar-refractivity contribution in [3.8, 4) is 5.88 Å². The van der Waals surface area contributed by atoms with Crippen LogP contribution in [0, 0.1) is 0 Å². The van der Waals surface area contributed by atoms with E-state index in [1.807, 2.05) is 13.0 Å². The number of hydrogen-bond donors (Lipinski definition) is 2. The third kappa shape index (κ3) is 2.82. The Morgan fingerprint density at radius 2 is 2.33 bits per heavy atom. The van der Waals surface area contributed by atoms with Gasteiger partial charge in [0.15, 0.2) is 0 Å². The number of nitrogens with zero attached hydrogens (tertiary/aromatic N) is 2. The Morgan fingerprint density at radius 1 is 1.50 bits per heavy atom. The van der Waals surface area contributed by atoms with Crippen LogP contribution in [0.4, 0.5) is 11.5 Å². The molecule has 0 unspecified atom stereocenters. The number of aromatic nitrogens is 1. The summed E-state index contributed by atoms with van der Waals surface area (Å²) in [7, 11) is 0. The second-order valence-electron chi connectivity index (χ2n) is 4.08. The van der Waals surface area contributed by atoms with Crippen molar-refractivity contribution in [3.05, 3.63) is 12.1 Å². The lowest BCUT2D eigenvalue weighted by molar-refractivity contribution is -0.120. The SMILES string of the molecule is CCOc1nc(N2CCNC(=O)CC2)ccc1N. The number of pyridine rings is 1. The number of hydrogen-bond acceptors (Lipinski definition) is 5. The summed E-state index contributed by atoms with van der Waals surface area (Å²) in [4.78, 5) is 17.7. The Morgan fingerprint density at radius 3 is 3.11 bits per heavy atom. The van der Waals surface area contributed by atoms with Crippen LogP contribution in [0.25, 0.3) is 0 Å². The smallest absolute Gasteiger partial charge is 0.239 e. The molecule has 6 nitrogen and oxygen atoms in total. The minimum atomic E-state index is 0.0815. The predicted molar refractivity (Wildman–Crippen MR) is 69.7 cm³/mol. The van der Waals surface area contributed by atoms with Gasteiger partial charge in [-0.1, -0.05) is 0 Å². The molecule has 0 bridgehead atoms. The monoisotopic (exact) mass is 250 g/mol. The van der Waals surface area contributed by atoms with Crippen LogP contribution in [-0.2, 0) is 4.79 Å². The number of carbonyl (C=O) groups is 1. The molecule has 6 heteroatoms. The number of anilines is 2. The highest BCUT2D eigenvalue weighted by molar-refractivity contribution is 5.77. The number of ether oxygens (including phenoxy) is 1. The molecule has 1 aliphatic heterocycles. The van der Waals surface area contributed by atoms with Crippen LogP contribution in [0.1, 0.15) is 13.3 Å². The van der Waals surface area contributed by atoms with Gasteiger partial charge in [-0.3, -0.25) is 4.79 Å². The molecule has 0 atom stereocenters. The van der Waals surface area contributed by atoms with Crippen molar-refractivity contribution >= 4 is 17.4 Å². The van der Waals surface area contributed by atoms with Gasteiger partial charge in [-0.2, -0.15) is 4.98 Å². The molecule has 2 heterocycles. The average molecular weight is 250 g/mol. The molecule has 0 aromatic carbocycles. The van der Waals surface area contributed by atoms with Crippen molar-refractivity contribution < 1.29 is 9.53 Å². The van der Waals surface area contributed by atoms with Crippen LogP contribution < -0.4 is 20.7 Å². The molecule has 1 aromatic heterocycles. The Bertz CT molecular complexity index is 436. The molecule has 1 fully saturated rings. The number of rotatable bonds is 3. The minimum Gasteiger partial charge on any atom is -0.476 e. The molecular formula is C12H18N4O2. The second-order valence-corrected chi connectivity index (χ2v) is 4.08. The van der Waals surface area contributed by atoms with Gasteiger partial charge in [0.25, 0.3) is 0 Å². The van der Waals surface area contributed by atoms with Gasteiger partial charge < -0.3 is 20.7 Å². The van der Waals surface area contributed by atoms with Gasteiger partial charge in [-0.15, -0.1) is 0 Å². The number of nitrogen functional groups attached to an aromatic ring is 1. The highest BCUT2D eigenvalue weighted by atomic mass is 16.5. The van der Waals surface area contributed by atoms with Crippen LogP contribution in [0.15, 0.2) is 12.1 Å². The summed E-state index contributed by atoms with van der Waals surface area (Å²) in [6, 6.07) is 3.64. The zero-order valence-electron chi connectivity index (χ0n) is 10.5. The normalized spacial score (nSPS) is 16.1. The fourth-order valence-electron chi connectivity index (χ4n) is 1.87. The summed E-state index contributed by atoms with van der Waals surface area (Å²) in [5.74, 6) is 1.33. The number of nitrogens with two attached hydrogens (primary N) is 1. The van der Waals surface area contributed by atoms with Crippen LogP contribution >= 0.6 is 0 Å². The second kappa shape index (κ2) is 5.57. The van der Waals surface area contributed by atoms with Gasteiger partial charge >= 0.3 is 0 Å². The van der Waals surface area contributed by atoms with Gasteiger partial charge in [-0.05, 0) is 19.1 Å². The topological polar surface area (TPSA) is 80.5 Å². The molecule has 1 aliphatic rings. The average Bonchev–Trinajstić information content (AvgIpc) is 2.57. The first kappa shape index (κ1) is 12.5. The van der Waals surface area contributed by atoms with Crippen molar-refractivity contribution in [2.45, 2.75) is 13.3 Å². The maximum absolute atomic E-state index is 11.3. The standard InChI is InChI=1S/C12H18N4O2/c1-2-18-12-9(13)3-4-10(15-12)16-7-5-11(17)14-6-8-16/h3-4H,2,5-8,13H2,1H3,(H,14,17). The third-order valence-electron chi connectivity index (χ3n) is 2.79. The van der Waals surface area contributed by atoms with Crippen molar-refractivity contribution in [1.82, 2.24) is 10.3 Å². The Balaban J connectivity index is 2.16. The van der Waals surface area contributed by atoms with Crippen LogP contribution in [0.3, 0.4) is 0 Å². The summed E-state index contributed by atoms with van der Waals surface area (Å²) in [6.07, 6.45) is 0.482. The van der Waals surface area contributed by atoms with Gasteiger partial charge in [-0.25, -0.2) is 0 Å². The maximum atomic E-state index is 11.3. The van der Waals surface area contributed by atoms with Gasteiger partial charge in [0, 0.05) is 26.1 Å². The van der Waals surface area contributed by atoms with Gasteiger partial charge in [0.05, 0.1) is 12.3 Å². The number of carbonyl (C=O) groups excluding carboxylic acids is 1. The molecule has 98 valence electrons. The van der Waals surface area contributed by atoms with E-state index < -0.39 is 0 Å². The molecule has 0 spiro atoms. The van der Waals surface area contributed by atoms with Crippen LogP contribution in [-0.4, -0.2) is 37.1 Å².